The van der Waals surface area contributed by atoms with Gasteiger partial charge in [-0.25, -0.2) is 0 Å². The molecule has 0 amide bonds. The topological polar surface area (TPSA) is 12.0 Å². The summed E-state index contributed by atoms with van der Waals surface area (Å²) in [5.41, 5.74) is 0.543. The van der Waals surface area contributed by atoms with Gasteiger partial charge in [0.2, 0.25) is 0 Å². The van der Waals surface area contributed by atoms with E-state index in [1.807, 2.05) is 0 Å². The van der Waals surface area contributed by atoms with Gasteiger partial charge in [0, 0.05) is 0 Å². The van der Waals surface area contributed by atoms with Crippen molar-refractivity contribution in [1.82, 2.24) is 5.32 Å². The van der Waals surface area contributed by atoms with E-state index >= 15 is 0 Å². The first-order valence-electron chi connectivity index (χ1n) is 6.74. The van der Waals surface area contributed by atoms with Gasteiger partial charge in [0.1, 0.15) is 0 Å². The van der Waals surface area contributed by atoms with E-state index in [0.717, 1.165) is 11.8 Å². The number of nitrogens with one attached hydrogen (secondary N) is 1. The first kappa shape index (κ1) is 13.0. The Hall–Kier alpha value is -0.0400. The molecule has 0 bridgehead atoms. The molecule has 90 valence electrons. The SMILES string of the molecule is CCC1CCC(C(C)(C)CCNC)CC1. The monoisotopic (exact) mass is 211 g/mol. The van der Waals surface area contributed by atoms with Crippen LogP contribution in [0.3, 0.4) is 0 Å². The summed E-state index contributed by atoms with van der Waals surface area (Å²) in [7, 11) is 2.06. The second kappa shape index (κ2) is 5.89. The molecule has 1 aliphatic carbocycles. The van der Waals surface area contributed by atoms with E-state index in [1.165, 1.54) is 45.1 Å². The molecule has 0 unspecified atom stereocenters. The predicted octanol–water partition coefficient (Wildman–Crippen LogP) is 3.84. The summed E-state index contributed by atoms with van der Waals surface area (Å²) >= 11 is 0. The smallest absolute Gasteiger partial charge is 0.00467 e. The van der Waals surface area contributed by atoms with Crippen LogP contribution in [-0.4, -0.2) is 13.6 Å². The zero-order valence-electron chi connectivity index (χ0n) is 11.1. The van der Waals surface area contributed by atoms with Crippen LogP contribution < -0.4 is 5.32 Å². The standard InChI is InChI=1S/C14H29N/c1-5-12-6-8-13(9-7-12)14(2,3)10-11-15-4/h12-13,15H,5-11H2,1-4H3. The molecule has 0 aromatic carbocycles. The highest BCUT2D eigenvalue weighted by Crippen LogP contribution is 2.42. The Morgan fingerprint density at radius 3 is 2.20 bits per heavy atom. The fourth-order valence-electron chi connectivity index (χ4n) is 3.00. The number of hydrogen-bond donors (Lipinski definition) is 1. The Kier molecular flexibility index (Phi) is 5.11. The van der Waals surface area contributed by atoms with Gasteiger partial charge in [-0.05, 0) is 50.1 Å². The van der Waals surface area contributed by atoms with Crippen molar-refractivity contribution in [3.8, 4) is 0 Å². The van der Waals surface area contributed by atoms with Crippen molar-refractivity contribution in [2.75, 3.05) is 13.6 Å². The van der Waals surface area contributed by atoms with E-state index in [0.29, 0.717) is 5.41 Å². The van der Waals surface area contributed by atoms with Crippen LogP contribution in [0.4, 0.5) is 0 Å². The molecule has 1 fully saturated rings. The van der Waals surface area contributed by atoms with Crippen LogP contribution in [0.2, 0.25) is 0 Å². The highest BCUT2D eigenvalue weighted by Gasteiger charge is 2.31. The molecular formula is C14H29N. The molecule has 1 N–H and O–H groups in total. The average Bonchev–Trinajstić information content (AvgIpc) is 2.26. The second-order valence-electron chi connectivity index (χ2n) is 5.97. The van der Waals surface area contributed by atoms with Crippen molar-refractivity contribution in [2.45, 2.75) is 59.3 Å². The Morgan fingerprint density at radius 2 is 1.73 bits per heavy atom. The molecular weight excluding hydrogens is 182 g/mol. The molecule has 0 atom stereocenters. The summed E-state index contributed by atoms with van der Waals surface area (Å²) in [4.78, 5) is 0. The maximum absolute atomic E-state index is 3.28. The second-order valence-corrected chi connectivity index (χ2v) is 5.97. The molecule has 0 aliphatic heterocycles. The lowest BCUT2D eigenvalue weighted by atomic mass is 9.67. The third-order valence-electron chi connectivity index (χ3n) is 4.55. The fourth-order valence-corrected chi connectivity index (χ4v) is 3.00. The maximum Gasteiger partial charge on any atom is -0.00467 e. The molecule has 0 saturated heterocycles. The third-order valence-corrected chi connectivity index (χ3v) is 4.55. The molecule has 1 rings (SSSR count). The lowest BCUT2D eigenvalue weighted by Crippen LogP contribution is -2.31. The van der Waals surface area contributed by atoms with E-state index in [9.17, 15) is 0 Å². The first-order chi connectivity index (χ1) is 7.10. The van der Waals surface area contributed by atoms with E-state index in [4.69, 9.17) is 0 Å². The molecule has 0 spiro atoms. The molecule has 1 aliphatic rings. The van der Waals surface area contributed by atoms with Crippen LogP contribution >= 0.6 is 0 Å². The van der Waals surface area contributed by atoms with Gasteiger partial charge in [-0.3, -0.25) is 0 Å². The lowest BCUT2D eigenvalue weighted by molar-refractivity contribution is 0.122. The number of rotatable bonds is 5. The molecule has 0 aromatic rings. The Morgan fingerprint density at radius 1 is 1.13 bits per heavy atom. The van der Waals surface area contributed by atoms with Crippen LogP contribution in [0.25, 0.3) is 0 Å². The zero-order valence-corrected chi connectivity index (χ0v) is 11.1. The van der Waals surface area contributed by atoms with Crippen molar-refractivity contribution >= 4 is 0 Å². The highest BCUT2D eigenvalue weighted by atomic mass is 14.8. The van der Waals surface area contributed by atoms with E-state index < -0.39 is 0 Å². The van der Waals surface area contributed by atoms with Gasteiger partial charge in [-0.15, -0.1) is 0 Å². The third kappa shape index (κ3) is 3.79. The van der Waals surface area contributed by atoms with E-state index in [-0.39, 0.29) is 0 Å². The summed E-state index contributed by atoms with van der Waals surface area (Å²) < 4.78 is 0. The molecule has 0 aromatic heterocycles. The summed E-state index contributed by atoms with van der Waals surface area (Å²) in [6, 6.07) is 0. The van der Waals surface area contributed by atoms with Crippen molar-refractivity contribution in [3.63, 3.8) is 0 Å². The first-order valence-corrected chi connectivity index (χ1v) is 6.74. The predicted molar refractivity (Wildman–Crippen MR) is 68.1 cm³/mol. The normalized spacial score (nSPS) is 28.0. The Balaban J connectivity index is 2.37. The molecule has 1 heteroatoms. The minimum atomic E-state index is 0.543. The van der Waals surface area contributed by atoms with Crippen LogP contribution in [0.15, 0.2) is 0 Å². The summed E-state index contributed by atoms with van der Waals surface area (Å²) in [5, 5.41) is 3.28. The van der Waals surface area contributed by atoms with Crippen molar-refractivity contribution in [3.05, 3.63) is 0 Å². The number of hydrogen-bond acceptors (Lipinski definition) is 1. The van der Waals surface area contributed by atoms with Gasteiger partial charge in [0.05, 0.1) is 0 Å². The van der Waals surface area contributed by atoms with Gasteiger partial charge >= 0.3 is 0 Å². The minimum absolute atomic E-state index is 0.543. The molecule has 0 heterocycles. The van der Waals surface area contributed by atoms with Gasteiger partial charge in [0.15, 0.2) is 0 Å². The molecule has 1 saturated carbocycles. The Labute approximate surface area is 96.0 Å². The quantitative estimate of drug-likeness (QED) is 0.728. The largest absolute Gasteiger partial charge is 0.320 e. The van der Waals surface area contributed by atoms with Crippen molar-refractivity contribution < 1.29 is 0 Å². The molecule has 15 heavy (non-hydrogen) atoms. The summed E-state index contributed by atoms with van der Waals surface area (Å²) in [6.07, 6.45) is 8.60. The molecule has 1 nitrogen and oxygen atoms in total. The van der Waals surface area contributed by atoms with Crippen LogP contribution in [-0.2, 0) is 0 Å². The minimum Gasteiger partial charge on any atom is -0.320 e. The maximum atomic E-state index is 3.28. The Bertz CT molecular complexity index is 166. The van der Waals surface area contributed by atoms with Gasteiger partial charge in [0.25, 0.3) is 0 Å². The van der Waals surface area contributed by atoms with Crippen LogP contribution in [0, 0.1) is 17.3 Å². The van der Waals surface area contributed by atoms with Crippen LogP contribution in [0.5, 0.6) is 0 Å². The van der Waals surface area contributed by atoms with Gasteiger partial charge in [-0.1, -0.05) is 40.0 Å². The fraction of sp³-hybridized carbons (Fsp3) is 1.00. The van der Waals surface area contributed by atoms with Gasteiger partial charge in [-0.2, -0.15) is 0 Å². The van der Waals surface area contributed by atoms with Crippen molar-refractivity contribution in [2.24, 2.45) is 17.3 Å². The van der Waals surface area contributed by atoms with Crippen molar-refractivity contribution in [1.29, 1.82) is 0 Å². The lowest BCUT2D eigenvalue weighted by Gasteiger charge is -2.39. The zero-order chi connectivity index (χ0) is 11.3. The van der Waals surface area contributed by atoms with E-state index in [1.54, 1.807) is 0 Å². The van der Waals surface area contributed by atoms with Crippen LogP contribution in [0.1, 0.15) is 59.3 Å². The summed E-state index contributed by atoms with van der Waals surface area (Å²) in [5.74, 6) is 2.00. The van der Waals surface area contributed by atoms with Gasteiger partial charge < -0.3 is 5.32 Å². The van der Waals surface area contributed by atoms with E-state index in [2.05, 4.69) is 33.1 Å². The molecule has 0 radical (unpaired) electrons. The average molecular weight is 211 g/mol. The highest BCUT2D eigenvalue weighted by molar-refractivity contribution is 4.83. The summed E-state index contributed by atoms with van der Waals surface area (Å²) in [6.45, 7) is 8.43.